The number of nitrogens with zero attached hydrogens (tertiary/aromatic N) is 1. The van der Waals surface area contributed by atoms with Gasteiger partial charge in [-0.1, -0.05) is 70.3 Å². The Balaban J connectivity index is 1.87. The van der Waals surface area contributed by atoms with Crippen molar-refractivity contribution < 1.29 is 32.3 Å². The molecule has 0 radical (unpaired) electrons. The van der Waals surface area contributed by atoms with Gasteiger partial charge in [0.25, 0.3) is 5.91 Å². The molecular formula is C27H39F3N4O4. The van der Waals surface area contributed by atoms with Crippen LogP contribution in [0.4, 0.5) is 19.0 Å². The second kappa shape index (κ2) is 12.8. The fraction of sp³-hybridized carbons (Fsp3) is 0.704. The zero-order valence-corrected chi connectivity index (χ0v) is 22.1. The predicted molar refractivity (Wildman–Crippen MR) is 135 cm³/mol. The molecule has 0 aliphatic heterocycles. The third-order valence-corrected chi connectivity index (χ3v) is 7.78. The van der Waals surface area contributed by atoms with Gasteiger partial charge < -0.3 is 21.1 Å². The number of nitrogens with two attached hydrogens (primary N) is 1. The van der Waals surface area contributed by atoms with Crippen molar-refractivity contribution in [3.63, 3.8) is 0 Å². The predicted octanol–water partition coefficient (Wildman–Crippen LogP) is 4.43. The number of halogens is 3. The fourth-order valence-corrected chi connectivity index (χ4v) is 5.79. The fourth-order valence-electron chi connectivity index (χ4n) is 5.79. The summed E-state index contributed by atoms with van der Waals surface area (Å²) in [6, 6.07) is 2.36. The third kappa shape index (κ3) is 8.07. The molecule has 2 fully saturated rings. The molecule has 1 heterocycles. The van der Waals surface area contributed by atoms with Crippen molar-refractivity contribution in [2.75, 3.05) is 5.73 Å². The van der Waals surface area contributed by atoms with Gasteiger partial charge in [-0.05, 0) is 43.2 Å². The molecule has 4 N–H and O–H groups in total. The van der Waals surface area contributed by atoms with Crippen molar-refractivity contribution in [2.24, 2.45) is 17.8 Å². The average molecular weight is 541 g/mol. The zero-order valence-electron chi connectivity index (χ0n) is 22.1. The minimum absolute atomic E-state index is 0.146. The molecule has 11 heteroatoms. The molecule has 0 spiro atoms. The lowest BCUT2D eigenvalue weighted by Crippen LogP contribution is -2.59. The number of nitrogens with one attached hydrogen (secondary N) is 2. The van der Waals surface area contributed by atoms with Crippen molar-refractivity contribution >= 4 is 23.6 Å². The number of pyridine rings is 1. The molecule has 1 atom stereocenters. The summed E-state index contributed by atoms with van der Waals surface area (Å²) in [5, 5.41) is 5.60. The largest absolute Gasteiger partial charge is 0.490 e. The maximum atomic E-state index is 13.7. The highest BCUT2D eigenvalue weighted by molar-refractivity contribution is 5.93. The molecule has 0 aromatic carbocycles. The van der Waals surface area contributed by atoms with E-state index in [-0.39, 0.29) is 24.3 Å². The number of anilines is 1. The van der Waals surface area contributed by atoms with Crippen LogP contribution in [0.5, 0.6) is 0 Å². The second-order valence-corrected chi connectivity index (χ2v) is 11.0. The van der Waals surface area contributed by atoms with Crippen LogP contribution in [0.25, 0.3) is 0 Å². The summed E-state index contributed by atoms with van der Waals surface area (Å²) in [4.78, 5) is 42.5. The Morgan fingerprint density at radius 2 is 1.55 bits per heavy atom. The molecule has 0 unspecified atom stereocenters. The van der Waals surface area contributed by atoms with Gasteiger partial charge in [0, 0.05) is 12.7 Å². The molecule has 0 saturated heterocycles. The lowest BCUT2D eigenvalue weighted by molar-refractivity contribution is -0.212. The van der Waals surface area contributed by atoms with Crippen LogP contribution in [-0.2, 0) is 25.7 Å². The summed E-state index contributed by atoms with van der Waals surface area (Å²) < 4.78 is 43.1. The molecule has 2 amide bonds. The Morgan fingerprint density at radius 1 is 1.00 bits per heavy atom. The molecule has 2 aliphatic rings. The number of rotatable bonds is 9. The monoisotopic (exact) mass is 540 g/mol. The lowest BCUT2D eigenvalue weighted by atomic mass is 9.66. The van der Waals surface area contributed by atoms with Crippen LogP contribution in [0.15, 0.2) is 18.3 Å². The minimum Gasteiger partial charge on any atom is -0.443 e. The van der Waals surface area contributed by atoms with Crippen molar-refractivity contribution in [2.45, 2.75) is 102 Å². The number of amides is 2. The van der Waals surface area contributed by atoms with E-state index in [1.165, 1.54) is 0 Å². The van der Waals surface area contributed by atoms with Gasteiger partial charge in [-0.2, -0.15) is 13.2 Å². The summed E-state index contributed by atoms with van der Waals surface area (Å²) in [6.45, 7) is 2.33. The molecule has 2 aliphatic carbocycles. The van der Waals surface area contributed by atoms with E-state index in [4.69, 9.17) is 5.73 Å². The Morgan fingerprint density at radius 3 is 2.03 bits per heavy atom. The number of ether oxygens (including phenoxy) is 1. The summed E-state index contributed by atoms with van der Waals surface area (Å²) in [5.74, 6) is -3.27. The van der Waals surface area contributed by atoms with Crippen molar-refractivity contribution in [1.82, 2.24) is 15.6 Å². The topological polar surface area (TPSA) is 123 Å². The molecular weight excluding hydrogens is 501 g/mol. The van der Waals surface area contributed by atoms with E-state index in [1.807, 2.05) is 0 Å². The summed E-state index contributed by atoms with van der Waals surface area (Å²) in [6.07, 6.45) is 6.35. The van der Waals surface area contributed by atoms with Gasteiger partial charge >= 0.3 is 12.1 Å². The molecule has 8 nitrogen and oxygen atoms in total. The van der Waals surface area contributed by atoms with Crippen molar-refractivity contribution in [3.05, 3.63) is 23.9 Å². The number of hydrogen-bond acceptors (Lipinski definition) is 6. The van der Waals surface area contributed by atoms with Gasteiger partial charge in [-0.15, -0.1) is 0 Å². The number of hydrogen-bond donors (Lipinski definition) is 3. The normalized spacial score (nSPS) is 18.6. The highest BCUT2D eigenvalue weighted by Gasteiger charge is 2.48. The number of nitrogen functional groups attached to an aromatic ring is 1. The summed E-state index contributed by atoms with van der Waals surface area (Å²) in [7, 11) is 0. The Bertz CT molecular complexity index is 938. The molecule has 1 aromatic heterocycles. The highest BCUT2D eigenvalue weighted by Crippen LogP contribution is 2.42. The van der Waals surface area contributed by atoms with Crippen LogP contribution in [0.1, 0.15) is 83.6 Å². The number of alkyl halides is 3. The van der Waals surface area contributed by atoms with E-state index in [0.717, 1.165) is 78.1 Å². The van der Waals surface area contributed by atoms with Gasteiger partial charge in [0.15, 0.2) is 5.60 Å². The quantitative estimate of drug-likeness (QED) is 0.399. The van der Waals surface area contributed by atoms with Crippen molar-refractivity contribution in [3.8, 4) is 0 Å². The van der Waals surface area contributed by atoms with E-state index in [9.17, 15) is 27.6 Å². The molecule has 3 rings (SSSR count). The highest BCUT2D eigenvalue weighted by atomic mass is 19.4. The molecule has 212 valence electrons. The van der Waals surface area contributed by atoms with Gasteiger partial charge in [-0.3, -0.25) is 9.59 Å². The number of esters is 1. The Labute approximate surface area is 221 Å². The smallest absolute Gasteiger partial charge is 0.443 e. The first-order valence-electron chi connectivity index (χ1n) is 13.5. The molecule has 2 saturated carbocycles. The number of carbonyl (C=O) groups excluding carboxylic acids is 3. The van der Waals surface area contributed by atoms with Crippen LogP contribution in [0.3, 0.4) is 0 Å². The third-order valence-electron chi connectivity index (χ3n) is 7.78. The van der Waals surface area contributed by atoms with Crippen molar-refractivity contribution in [1.29, 1.82) is 0 Å². The van der Waals surface area contributed by atoms with Gasteiger partial charge in [0.05, 0.1) is 0 Å². The summed E-state index contributed by atoms with van der Waals surface area (Å²) in [5.41, 5.74) is 4.22. The van der Waals surface area contributed by atoms with Gasteiger partial charge in [0.1, 0.15) is 11.9 Å². The lowest BCUT2D eigenvalue weighted by Gasteiger charge is -2.42. The van der Waals surface area contributed by atoms with E-state index in [2.05, 4.69) is 20.4 Å². The van der Waals surface area contributed by atoms with Crippen LogP contribution in [0.2, 0.25) is 0 Å². The molecule has 1 aromatic rings. The number of carbonyl (C=O) groups is 3. The van der Waals surface area contributed by atoms with Gasteiger partial charge in [0.2, 0.25) is 5.91 Å². The standard InChI is InChI=1S/C27H39F3N4O4/c1-26(2,38-25(37)27(28,29)30)24(36)34-22(23(35)33-16-17-13-14-20(31)32-15-17)21(18-9-5-3-6-10-18)19-11-7-4-8-12-19/h13-15,18-19,21-22H,3-12,16H2,1-2H3,(H2,31,32)(H,33,35)(H,34,36)/t22-/m1/s1. The first-order valence-corrected chi connectivity index (χ1v) is 13.5. The molecule has 0 bridgehead atoms. The Kier molecular flexibility index (Phi) is 10.0. The summed E-state index contributed by atoms with van der Waals surface area (Å²) >= 11 is 0. The second-order valence-electron chi connectivity index (χ2n) is 11.0. The number of aromatic nitrogens is 1. The average Bonchev–Trinajstić information content (AvgIpc) is 2.88. The first-order chi connectivity index (χ1) is 17.9. The minimum atomic E-state index is -5.24. The van der Waals surface area contributed by atoms with Crippen LogP contribution >= 0.6 is 0 Å². The van der Waals surface area contributed by atoms with Gasteiger partial charge in [-0.25, -0.2) is 9.78 Å². The zero-order chi connectivity index (χ0) is 27.9. The maximum absolute atomic E-state index is 13.7. The first kappa shape index (κ1) is 29.7. The molecule has 38 heavy (non-hydrogen) atoms. The van der Waals surface area contributed by atoms with E-state index in [1.54, 1.807) is 18.3 Å². The van der Waals surface area contributed by atoms with Crippen LogP contribution in [0, 0.1) is 17.8 Å². The SMILES string of the molecule is CC(C)(OC(=O)C(F)(F)F)C(=O)N[C@@H](C(=O)NCc1ccc(N)nc1)C(C1CCCCC1)C1CCCCC1. The maximum Gasteiger partial charge on any atom is 0.490 e. The van der Waals surface area contributed by atoms with Crippen LogP contribution in [-0.4, -0.2) is 40.6 Å². The van der Waals surface area contributed by atoms with Crippen LogP contribution < -0.4 is 16.4 Å². The van der Waals surface area contributed by atoms with E-state index in [0.29, 0.717) is 11.4 Å². The Hall–Kier alpha value is -2.85. The van der Waals surface area contributed by atoms with E-state index < -0.39 is 35.6 Å². The van der Waals surface area contributed by atoms with E-state index >= 15 is 0 Å².